The van der Waals surface area contributed by atoms with Gasteiger partial charge in [0.05, 0.1) is 19.3 Å². The number of H-pyrrole nitrogens is 1. The Kier molecular flexibility index (Phi) is 3.39. The van der Waals surface area contributed by atoms with Crippen LogP contribution in [0.5, 0.6) is 0 Å². The average molecular weight is 256 g/mol. The third-order valence-corrected chi connectivity index (χ3v) is 3.00. The Balaban J connectivity index is 2.42. The third kappa shape index (κ3) is 2.12. The molecule has 1 aromatic heterocycles. The second-order valence-corrected chi connectivity index (χ2v) is 4.17. The summed E-state index contributed by atoms with van der Waals surface area (Å²) in [6.45, 7) is 1.12. The number of anilines is 2. The van der Waals surface area contributed by atoms with Crippen LogP contribution in [0.4, 0.5) is 11.5 Å². The fraction of sp³-hybridized carbons (Fsp3) is 0.600. The van der Waals surface area contributed by atoms with Crippen LogP contribution in [0.15, 0.2) is 9.59 Å². The maximum atomic E-state index is 11.8. The lowest BCUT2D eigenvalue weighted by molar-refractivity contribution is 0.00351. The van der Waals surface area contributed by atoms with Crippen LogP contribution in [0, 0.1) is 0 Å². The van der Waals surface area contributed by atoms with E-state index in [1.165, 1.54) is 11.6 Å². The van der Waals surface area contributed by atoms with Crippen molar-refractivity contribution in [3.63, 3.8) is 0 Å². The summed E-state index contributed by atoms with van der Waals surface area (Å²) in [5.74, 6) is 0.113. The van der Waals surface area contributed by atoms with E-state index in [9.17, 15) is 9.59 Å². The Morgan fingerprint density at radius 2 is 2.28 bits per heavy atom. The zero-order chi connectivity index (χ0) is 13.3. The average Bonchev–Trinajstić information content (AvgIpc) is 2.36. The van der Waals surface area contributed by atoms with Gasteiger partial charge in [0, 0.05) is 20.1 Å². The first-order chi connectivity index (χ1) is 8.54. The summed E-state index contributed by atoms with van der Waals surface area (Å²) in [4.78, 5) is 27.1. The van der Waals surface area contributed by atoms with Crippen molar-refractivity contribution in [1.82, 2.24) is 9.55 Å². The second kappa shape index (κ2) is 4.83. The molecule has 0 spiro atoms. The van der Waals surface area contributed by atoms with E-state index in [1.807, 2.05) is 0 Å². The molecule has 8 heteroatoms. The van der Waals surface area contributed by atoms with Crippen LogP contribution < -0.4 is 21.9 Å². The summed E-state index contributed by atoms with van der Waals surface area (Å²) in [6, 6.07) is 0. The largest absolute Gasteiger partial charge is 0.394 e. The number of nitrogens with zero attached hydrogens (tertiary/aromatic N) is 2. The lowest BCUT2D eigenvalue weighted by Crippen LogP contribution is -2.47. The first-order valence-corrected chi connectivity index (χ1v) is 5.60. The van der Waals surface area contributed by atoms with E-state index in [4.69, 9.17) is 15.6 Å². The SMILES string of the molecule is Cn1c(N)c(N2CCO[C@H](CO)C2)c(=O)[nH]c1=O. The number of aliphatic hydroxyl groups excluding tert-OH is 1. The van der Waals surface area contributed by atoms with Crippen LogP contribution in [-0.4, -0.2) is 47.1 Å². The van der Waals surface area contributed by atoms with Gasteiger partial charge in [-0.3, -0.25) is 14.3 Å². The van der Waals surface area contributed by atoms with Gasteiger partial charge in [-0.2, -0.15) is 0 Å². The first-order valence-electron chi connectivity index (χ1n) is 5.60. The van der Waals surface area contributed by atoms with Gasteiger partial charge in [0.15, 0.2) is 0 Å². The molecule has 0 aliphatic carbocycles. The normalized spacial score (nSPS) is 20.1. The Labute approximate surface area is 103 Å². The molecular formula is C10H16N4O4. The number of nitrogens with two attached hydrogens (primary N) is 1. The number of rotatable bonds is 2. The van der Waals surface area contributed by atoms with Crippen LogP contribution >= 0.6 is 0 Å². The molecule has 1 aromatic rings. The zero-order valence-corrected chi connectivity index (χ0v) is 10.0. The minimum absolute atomic E-state index is 0.113. The third-order valence-electron chi connectivity index (χ3n) is 3.00. The van der Waals surface area contributed by atoms with Crippen LogP contribution in [0.3, 0.4) is 0 Å². The summed E-state index contributed by atoms with van der Waals surface area (Å²) < 4.78 is 6.48. The van der Waals surface area contributed by atoms with Crippen molar-refractivity contribution in [1.29, 1.82) is 0 Å². The minimum Gasteiger partial charge on any atom is -0.394 e. The molecule has 1 aliphatic rings. The molecule has 2 rings (SSSR count). The number of morpholine rings is 1. The van der Waals surface area contributed by atoms with Crippen molar-refractivity contribution in [2.24, 2.45) is 7.05 Å². The molecule has 1 fully saturated rings. The molecule has 0 amide bonds. The predicted octanol–water partition coefficient (Wildman–Crippen LogP) is -2.15. The topological polar surface area (TPSA) is 114 Å². The van der Waals surface area contributed by atoms with Gasteiger partial charge in [-0.1, -0.05) is 0 Å². The second-order valence-electron chi connectivity index (χ2n) is 4.17. The standard InChI is InChI=1S/C10H16N4O4/c1-13-8(11)7(9(16)12-10(13)17)14-2-3-18-6(4-14)5-15/h6,15H,2-5,11H2,1H3,(H,12,16,17)/t6-/m0/s1. The van der Waals surface area contributed by atoms with E-state index < -0.39 is 11.2 Å². The van der Waals surface area contributed by atoms with Gasteiger partial charge < -0.3 is 20.5 Å². The Morgan fingerprint density at radius 1 is 1.56 bits per heavy atom. The summed E-state index contributed by atoms with van der Waals surface area (Å²) >= 11 is 0. The lowest BCUT2D eigenvalue weighted by Gasteiger charge is -2.33. The van der Waals surface area contributed by atoms with Gasteiger partial charge in [-0.05, 0) is 0 Å². The number of ether oxygens (including phenoxy) is 1. The Morgan fingerprint density at radius 3 is 2.94 bits per heavy atom. The molecule has 0 aromatic carbocycles. The molecule has 0 unspecified atom stereocenters. The number of hydrogen-bond donors (Lipinski definition) is 3. The summed E-state index contributed by atoms with van der Waals surface area (Å²) in [5.41, 5.74) is 4.98. The van der Waals surface area contributed by atoms with Crippen molar-refractivity contribution < 1.29 is 9.84 Å². The van der Waals surface area contributed by atoms with E-state index >= 15 is 0 Å². The van der Waals surface area contributed by atoms with E-state index in [1.54, 1.807) is 4.90 Å². The molecule has 100 valence electrons. The molecule has 1 atom stereocenters. The van der Waals surface area contributed by atoms with Gasteiger partial charge in [0.25, 0.3) is 5.56 Å². The van der Waals surface area contributed by atoms with E-state index in [-0.39, 0.29) is 24.2 Å². The summed E-state index contributed by atoms with van der Waals surface area (Å²) in [6.07, 6.45) is -0.352. The predicted molar refractivity (Wildman–Crippen MR) is 65.8 cm³/mol. The number of aromatic amines is 1. The number of nitrogen functional groups attached to an aromatic ring is 1. The zero-order valence-electron chi connectivity index (χ0n) is 10.0. The molecule has 1 aliphatic heterocycles. The number of hydrogen-bond acceptors (Lipinski definition) is 6. The van der Waals surface area contributed by atoms with Crippen LogP contribution in [0.25, 0.3) is 0 Å². The minimum atomic E-state index is -0.548. The van der Waals surface area contributed by atoms with Crippen molar-refractivity contribution >= 4 is 11.5 Å². The van der Waals surface area contributed by atoms with E-state index in [2.05, 4.69) is 4.98 Å². The molecule has 1 saturated heterocycles. The van der Waals surface area contributed by atoms with Gasteiger partial charge in [0.1, 0.15) is 11.5 Å². The maximum Gasteiger partial charge on any atom is 0.329 e. The van der Waals surface area contributed by atoms with Gasteiger partial charge >= 0.3 is 5.69 Å². The molecule has 0 radical (unpaired) electrons. The van der Waals surface area contributed by atoms with Crippen molar-refractivity contribution in [3.8, 4) is 0 Å². The van der Waals surface area contributed by atoms with E-state index in [0.29, 0.717) is 19.7 Å². The summed E-state index contributed by atoms with van der Waals surface area (Å²) in [7, 11) is 1.49. The van der Waals surface area contributed by atoms with Crippen molar-refractivity contribution in [2.75, 3.05) is 36.9 Å². The molecule has 0 bridgehead atoms. The highest BCUT2D eigenvalue weighted by Crippen LogP contribution is 2.18. The highest BCUT2D eigenvalue weighted by atomic mass is 16.5. The number of aliphatic hydroxyl groups is 1. The Bertz CT molecular complexity index is 550. The number of aromatic nitrogens is 2. The quantitative estimate of drug-likeness (QED) is 0.556. The molecule has 0 saturated carbocycles. The van der Waals surface area contributed by atoms with Crippen LogP contribution in [0.2, 0.25) is 0 Å². The Hall–Kier alpha value is -1.80. The van der Waals surface area contributed by atoms with Crippen LogP contribution in [0.1, 0.15) is 0 Å². The fourth-order valence-electron chi connectivity index (χ4n) is 1.96. The highest BCUT2D eigenvalue weighted by molar-refractivity contribution is 5.62. The lowest BCUT2D eigenvalue weighted by atomic mass is 10.2. The van der Waals surface area contributed by atoms with E-state index in [0.717, 1.165) is 0 Å². The van der Waals surface area contributed by atoms with Crippen LogP contribution in [-0.2, 0) is 11.8 Å². The van der Waals surface area contributed by atoms with Gasteiger partial charge in [-0.15, -0.1) is 0 Å². The van der Waals surface area contributed by atoms with Gasteiger partial charge in [-0.25, -0.2) is 4.79 Å². The van der Waals surface area contributed by atoms with Crippen molar-refractivity contribution in [2.45, 2.75) is 6.10 Å². The van der Waals surface area contributed by atoms with Gasteiger partial charge in [0.2, 0.25) is 0 Å². The maximum absolute atomic E-state index is 11.8. The molecular weight excluding hydrogens is 240 g/mol. The number of nitrogens with one attached hydrogen (secondary N) is 1. The summed E-state index contributed by atoms with van der Waals surface area (Å²) in [5, 5.41) is 9.07. The molecule has 2 heterocycles. The van der Waals surface area contributed by atoms with Crippen molar-refractivity contribution in [3.05, 3.63) is 20.8 Å². The fourth-order valence-corrected chi connectivity index (χ4v) is 1.96. The first kappa shape index (κ1) is 12.7. The monoisotopic (exact) mass is 256 g/mol. The molecule has 8 nitrogen and oxygen atoms in total. The smallest absolute Gasteiger partial charge is 0.329 e. The molecule has 4 N–H and O–H groups in total. The highest BCUT2D eigenvalue weighted by Gasteiger charge is 2.24. The molecule has 18 heavy (non-hydrogen) atoms.